The second-order valence-corrected chi connectivity index (χ2v) is 6.19. The standard InChI is InChI=1S/C16H21N3O2/c1-6-19-9-12(15(21)18-16(3,4)5)13(20)11-8-7-10(2)17-14(11)19/h7-9H,6H2,1-5H3,(H,18,21). The predicted octanol–water partition coefficient (Wildman–Crippen LogP) is 2.25. The fraction of sp³-hybridized carbons (Fsp3) is 0.438. The van der Waals surface area contributed by atoms with Crippen LogP contribution >= 0.6 is 0 Å². The van der Waals surface area contributed by atoms with E-state index < -0.39 is 0 Å². The third-order valence-electron chi connectivity index (χ3n) is 3.13. The molecule has 112 valence electrons. The van der Waals surface area contributed by atoms with Gasteiger partial charge in [0.15, 0.2) is 0 Å². The largest absolute Gasteiger partial charge is 0.347 e. The third-order valence-corrected chi connectivity index (χ3v) is 3.13. The molecule has 2 aromatic rings. The molecule has 0 radical (unpaired) electrons. The van der Waals surface area contributed by atoms with Crippen molar-refractivity contribution in [2.75, 3.05) is 0 Å². The first-order valence-corrected chi connectivity index (χ1v) is 7.06. The molecule has 0 aromatic carbocycles. The topological polar surface area (TPSA) is 64.0 Å². The minimum atomic E-state index is -0.388. The van der Waals surface area contributed by atoms with Gasteiger partial charge in [-0.2, -0.15) is 0 Å². The molecular weight excluding hydrogens is 266 g/mol. The lowest BCUT2D eigenvalue weighted by atomic mass is 10.1. The van der Waals surface area contributed by atoms with Gasteiger partial charge >= 0.3 is 0 Å². The summed E-state index contributed by atoms with van der Waals surface area (Å²) in [5.41, 5.74) is 0.959. The van der Waals surface area contributed by atoms with Crippen molar-refractivity contribution < 1.29 is 4.79 Å². The molecule has 5 nitrogen and oxygen atoms in total. The average Bonchev–Trinajstić information content (AvgIpc) is 2.36. The number of pyridine rings is 2. The SMILES string of the molecule is CCn1cc(C(=O)NC(C)(C)C)c(=O)c2ccc(C)nc21. The number of carbonyl (C=O) groups is 1. The van der Waals surface area contributed by atoms with Crippen molar-refractivity contribution in [2.24, 2.45) is 0 Å². The summed E-state index contributed by atoms with van der Waals surface area (Å²) in [7, 11) is 0. The van der Waals surface area contributed by atoms with Gasteiger partial charge in [-0.3, -0.25) is 9.59 Å². The number of carbonyl (C=O) groups excluding carboxylic acids is 1. The molecule has 1 amide bonds. The van der Waals surface area contributed by atoms with Crippen LogP contribution in [0.15, 0.2) is 23.1 Å². The number of rotatable bonds is 2. The Morgan fingerprint density at radius 2 is 2.00 bits per heavy atom. The summed E-state index contributed by atoms with van der Waals surface area (Å²) in [6.45, 7) is 10.1. The van der Waals surface area contributed by atoms with Gasteiger partial charge < -0.3 is 9.88 Å². The highest BCUT2D eigenvalue weighted by molar-refractivity contribution is 5.97. The van der Waals surface area contributed by atoms with Crippen LogP contribution in [0.5, 0.6) is 0 Å². The normalized spacial score (nSPS) is 11.7. The Hall–Kier alpha value is -2.17. The second-order valence-electron chi connectivity index (χ2n) is 6.19. The monoisotopic (exact) mass is 287 g/mol. The molecule has 0 aliphatic heterocycles. The van der Waals surface area contributed by atoms with Gasteiger partial charge in [0.2, 0.25) is 5.43 Å². The summed E-state index contributed by atoms with van der Waals surface area (Å²) in [6, 6.07) is 3.52. The maximum absolute atomic E-state index is 12.5. The Morgan fingerprint density at radius 1 is 1.33 bits per heavy atom. The minimum absolute atomic E-state index is 0.157. The Kier molecular flexibility index (Phi) is 3.85. The number of amides is 1. The van der Waals surface area contributed by atoms with Crippen molar-refractivity contribution in [1.29, 1.82) is 0 Å². The van der Waals surface area contributed by atoms with Crippen LogP contribution in [0.4, 0.5) is 0 Å². The third kappa shape index (κ3) is 3.12. The first-order chi connectivity index (χ1) is 9.73. The molecule has 0 fully saturated rings. The van der Waals surface area contributed by atoms with Crippen LogP contribution in [0, 0.1) is 6.92 Å². The maximum atomic E-state index is 12.5. The molecule has 0 spiro atoms. The highest BCUT2D eigenvalue weighted by Crippen LogP contribution is 2.11. The van der Waals surface area contributed by atoms with E-state index in [0.29, 0.717) is 17.6 Å². The summed E-state index contributed by atoms with van der Waals surface area (Å²) in [6.07, 6.45) is 1.60. The molecular formula is C16H21N3O2. The van der Waals surface area contributed by atoms with Crippen LogP contribution in [-0.4, -0.2) is 21.0 Å². The summed E-state index contributed by atoms with van der Waals surface area (Å²) < 4.78 is 1.83. The summed E-state index contributed by atoms with van der Waals surface area (Å²) in [4.78, 5) is 29.2. The van der Waals surface area contributed by atoms with Crippen molar-refractivity contribution in [3.8, 4) is 0 Å². The van der Waals surface area contributed by atoms with Crippen LogP contribution < -0.4 is 10.7 Å². The van der Waals surface area contributed by atoms with Gasteiger partial charge in [-0.25, -0.2) is 4.98 Å². The first-order valence-electron chi connectivity index (χ1n) is 7.06. The lowest BCUT2D eigenvalue weighted by molar-refractivity contribution is 0.0918. The van der Waals surface area contributed by atoms with E-state index in [-0.39, 0.29) is 22.4 Å². The Labute approximate surface area is 124 Å². The first kappa shape index (κ1) is 15.2. The molecule has 0 atom stereocenters. The molecule has 1 N–H and O–H groups in total. The Morgan fingerprint density at radius 3 is 2.57 bits per heavy atom. The van der Waals surface area contributed by atoms with Gasteiger partial charge in [0.05, 0.1) is 5.39 Å². The van der Waals surface area contributed by atoms with E-state index in [2.05, 4.69) is 10.3 Å². The molecule has 2 rings (SSSR count). The van der Waals surface area contributed by atoms with Crippen LogP contribution in [0.3, 0.4) is 0 Å². The van der Waals surface area contributed by atoms with E-state index in [1.807, 2.05) is 39.2 Å². The zero-order valence-electron chi connectivity index (χ0n) is 13.2. The highest BCUT2D eigenvalue weighted by Gasteiger charge is 2.20. The van der Waals surface area contributed by atoms with Crippen LogP contribution in [0.1, 0.15) is 43.7 Å². The van der Waals surface area contributed by atoms with E-state index in [1.165, 1.54) is 0 Å². The summed E-state index contributed by atoms with van der Waals surface area (Å²) >= 11 is 0. The molecule has 0 saturated heterocycles. The van der Waals surface area contributed by atoms with Gasteiger partial charge in [0.25, 0.3) is 5.91 Å². The molecule has 21 heavy (non-hydrogen) atoms. The number of hydrogen-bond acceptors (Lipinski definition) is 3. The number of aromatic nitrogens is 2. The summed E-state index contributed by atoms with van der Waals surface area (Å²) in [5.74, 6) is -0.350. The van der Waals surface area contributed by atoms with E-state index in [0.717, 1.165) is 5.69 Å². The highest BCUT2D eigenvalue weighted by atomic mass is 16.2. The number of nitrogens with zero attached hydrogens (tertiary/aromatic N) is 2. The van der Waals surface area contributed by atoms with Gasteiger partial charge in [0, 0.05) is 24.0 Å². The Bertz CT molecular complexity index is 754. The van der Waals surface area contributed by atoms with Gasteiger partial charge in [0.1, 0.15) is 11.2 Å². The minimum Gasteiger partial charge on any atom is -0.347 e. The molecule has 0 saturated carbocycles. The van der Waals surface area contributed by atoms with Crippen LogP contribution in [0.2, 0.25) is 0 Å². The molecule has 0 aliphatic carbocycles. The fourth-order valence-electron chi connectivity index (χ4n) is 2.17. The van der Waals surface area contributed by atoms with Gasteiger partial charge in [-0.15, -0.1) is 0 Å². The molecule has 2 aromatic heterocycles. The van der Waals surface area contributed by atoms with E-state index in [9.17, 15) is 9.59 Å². The average molecular weight is 287 g/mol. The van der Waals surface area contributed by atoms with Crippen molar-refractivity contribution in [1.82, 2.24) is 14.9 Å². The van der Waals surface area contributed by atoms with Gasteiger partial charge in [-0.1, -0.05) is 0 Å². The van der Waals surface area contributed by atoms with Crippen molar-refractivity contribution in [3.63, 3.8) is 0 Å². The lowest BCUT2D eigenvalue weighted by Crippen LogP contribution is -2.42. The Balaban J connectivity index is 2.67. The van der Waals surface area contributed by atoms with Crippen LogP contribution in [-0.2, 0) is 6.54 Å². The van der Waals surface area contributed by atoms with Crippen molar-refractivity contribution in [2.45, 2.75) is 46.7 Å². The molecule has 0 aliphatic rings. The predicted molar refractivity (Wildman–Crippen MR) is 83.6 cm³/mol. The lowest BCUT2D eigenvalue weighted by Gasteiger charge is -2.21. The number of fused-ring (bicyclic) bond motifs is 1. The molecule has 2 heterocycles. The second kappa shape index (κ2) is 5.31. The maximum Gasteiger partial charge on any atom is 0.257 e. The molecule has 0 unspecified atom stereocenters. The molecule has 5 heteroatoms. The zero-order valence-corrected chi connectivity index (χ0v) is 13.2. The summed E-state index contributed by atoms with van der Waals surface area (Å²) in [5, 5.41) is 3.31. The van der Waals surface area contributed by atoms with Gasteiger partial charge in [-0.05, 0) is 46.8 Å². The quantitative estimate of drug-likeness (QED) is 0.921. The smallest absolute Gasteiger partial charge is 0.257 e. The zero-order chi connectivity index (χ0) is 15.8. The number of nitrogens with one attached hydrogen (secondary N) is 1. The van der Waals surface area contributed by atoms with Crippen molar-refractivity contribution >= 4 is 16.9 Å². The van der Waals surface area contributed by atoms with E-state index in [4.69, 9.17) is 0 Å². The number of hydrogen-bond donors (Lipinski definition) is 1. The number of aryl methyl sites for hydroxylation is 2. The van der Waals surface area contributed by atoms with Crippen molar-refractivity contribution in [3.05, 3.63) is 39.8 Å². The van der Waals surface area contributed by atoms with E-state index >= 15 is 0 Å². The fourth-order valence-corrected chi connectivity index (χ4v) is 2.17. The molecule has 0 bridgehead atoms. The van der Waals surface area contributed by atoms with E-state index in [1.54, 1.807) is 18.3 Å². The van der Waals surface area contributed by atoms with Crippen LogP contribution in [0.25, 0.3) is 11.0 Å².